The first kappa shape index (κ1) is 18.3. The molecular formula is C21H24N4S2. The molecule has 3 aromatic rings. The summed E-state index contributed by atoms with van der Waals surface area (Å²) in [7, 11) is 0. The largest absolute Gasteiger partial charge is 0.346 e. The van der Waals surface area contributed by atoms with Crippen LogP contribution in [0.4, 0.5) is 5.69 Å². The number of hydrogen-bond acceptors (Lipinski definition) is 4. The summed E-state index contributed by atoms with van der Waals surface area (Å²) in [6.07, 6.45) is 0. The lowest BCUT2D eigenvalue weighted by Crippen LogP contribution is -2.49. The van der Waals surface area contributed by atoms with E-state index in [1.54, 1.807) is 11.3 Å². The molecule has 6 heteroatoms. The highest BCUT2D eigenvalue weighted by Gasteiger charge is 2.20. The van der Waals surface area contributed by atoms with E-state index in [-0.39, 0.29) is 0 Å². The molecule has 1 N–H and O–H groups in total. The third-order valence-electron chi connectivity index (χ3n) is 4.99. The van der Waals surface area contributed by atoms with E-state index in [1.807, 2.05) is 0 Å². The van der Waals surface area contributed by atoms with Gasteiger partial charge in [-0.15, -0.1) is 11.3 Å². The topological polar surface area (TPSA) is 31.4 Å². The van der Waals surface area contributed by atoms with Crippen molar-refractivity contribution in [3.8, 4) is 0 Å². The number of hydrogen-bond donors (Lipinski definition) is 1. The van der Waals surface area contributed by atoms with Gasteiger partial charge in [-0.3, -0.25) is 4.90 Å². The van der Waals surface area contributed by atoms with Gasteiger partial charge in [0.15, 0.2) is 5.11 Å². The van der Waals surface area contributed by atoms with Gasteiger partial charge in [0, 0.05) is 31.9 Å². The van der Waals surface area contributed by atoms with Crippen molar-refractivity contribution in [2.24, 2.45) is 0 Å². The second kappa shape index (κ2) is 7.92. The van der Waals surface area contributed by atoms with Crippen LogP contribution < -0.4 is 5.32 Å². The van der Waals surface area contributed by atoms with Crippen LogP contribution in [0.5, 0.6) is 0 Å². The highest BCUT2D eigenvalue weighted by atomic mass is 32.1. The van der Waals surface area contributed by atoms with Crippen LogP contribution in [0.15, 0.2) is 42.5 Å². The number of piperazine rings is 1. The number of benzene rings is 2. The standard InChI is InChI=1S/C21H24N4S2/c1-15-7-8-16(2)18(13-15)23-21(26)25-11-9-24(10-12-25)14-20-22-17-5-3-4-6-19(17)27-20/h3-8,13H,9-12,14H2,1-2H3,(H,23,26). The van der Waals surface area contributed by atoms with Gasteiger partial charge in [0.25, 0.3) is 0 Å². The second-order valence-corrected chi connectivity index (χ2v) is 8.59. The van der Waals surface area contributed by atoms with Gasteiger partial charge in [0.05, 0.1) is 16.8 Å². The van der Waals surface area contributed by atoms with Crippen LogP contribution in [0.1, 0.15) is 16.1 Å². The number of aryl methyl sites for hydroxylation is 2. The average Bonchev–Trinajstić information content (AvgIpc) is 3.07. The summed E-state index contributed by atoms with van der Waals surface area (Å²) in [6, 6.07) is 14.8. The van der Waals surface area contributed by atoms with E-state index < -0.39 is 0 Å². The van der Waals surface area contributed by atoms with Crippen LogP contribution in [0.25, 0.3) is 10.2 Å². The molecule has 0 amide bonds. The fourth-order valence-electron chi connectivity index (χ4n) is 3.35. The Morgan fingerprint density at radius 2 is 1.89 bits per heavy atom. The zero-order chi connectivity index (χ0) is 18.8. The van der Waals surface area contributed by atoms with Crippen molar-refractivity contribution in [3.63, 3.8) is 0 Å². The number of anilines is 1. The van der Waals surface area contributed by atoms with Gasteiger partial charge in [-0.05, 0) is 55.4 Å². The molecule has 1 fully saturated rings. The maximum atomic E-state index is 5.66. The third kappa shape index (κ3) is 4.29. The Hall–Kier alpha value is -2.02. The second-order valence-electron chi connectivity index (χ2n) is 7.09. The fourth-order valence-corrected chi connectivity index (χ4v) is 4.66. The molecule has 0 radical (unpaired) electrons. The van der Waals surface area contributed by atoms with E-state index in [2.05, 4.69) is 71.4 Å². The molecule has 1 aliphatic heterocycles. The van der Waals surface area contributed by atoms with Gasteiger partial charge in [0.1, 0.15) is 5.01 Å². The summed E-state index contributed by atoms with van der Waals surface area (Å²) >= 11 is 7.46. The van der Waals surface area contributed by atoms with Gasteiger partial charge in [-0.2, -0.15) is 0 Å². The smallest absolute Gasteiger partial charge is 0.173 e. The predicted octanol–water partition coefficient (Wildman–Crippen LogP) is 4.43. The molecule has 4 nitrogen and oxygen atoms in total. The summed E-state index contributed by atoms with van der Waals surface area (Å²) in [4.78, 5) is 9.50. The van der Waals surface area contributed by atoms with Crippen molar-refractivity contribution in [3.05, 3.63) is 58.6 Å². The minimum absolute atomic E-state index is 0.823. The van der Waals surface area contributed by atoms with Crippen LogP contribution in [0, 0.1) is 13.8 Å². The van der Waals surface area contributed by atoms with Gasteiger partial charge in [0.2, 0.25) is 0 Å². The highest BCUT2D eigenvalue weighted by molar-refractivity contribution is 7.80. The summed E-state index contributed by atoms with van der Waals surface area (Å²) in [5, 5.41) is 5.45. The van der Waals surface area contributed by atoms with Crippen molar-refractivity contribution in [1.82, 2.24) is 14.8 Å². The molecule has 0 saturated carbocycles. The zero-order valence-corrected chi connectivity index (χ0v) is 17.4. The number of nitrogens with zero attached hydrogens (tertiary/aromatic N) is 3. The first-order chi connectivity index (χ1) is 13.1. The van der Waals surface area contributed by atoms with Crippen molar-refractivity contribution in [2.75, 3.05) is 31.5 Å². The summed E-state index contributed by atoms with van der Waals surface area (Å²) in [5.41, 5.74) is 4.68. The maximum Gasteiger partial charge on any atom is 0.173 e. The molecule has 1 aromatic heterocycles. The summed E-state index contributed by atoms with van der Waals surface area (Å²) < 4.78 is 1.27. The number of rotatable bonds is 3. The monoisotopic (exact) mass is 396 g/mol. The molecule has 1 saturated heterocycles. The molecule has 0 atom stereocenters. The highest BCUT2D eigenvalue weighted by Crippen LogP contribution is 2.23. The minimum Gasteiger partial charge on any atom is -0.346 e. The van der Waals surface area contributed by atoms with E-state index in [9.17, 15) is 0 Å². The first-order valence-electron chi connectivity index (χ1n) is 9.28. The lowest BCUT2D eigenvalue weighted by Gasteiger charge is -2.36. The van der Waals surface area contributed by atoms with Crippen molar-refractivity contribution in [2.45, 2.75) is 20.4 Å². The van der Waals surface area contributed by atoms with Gasteiger partial charge in [-0.25, -0.2) is 4.98 Å². The Morgan fingerprint density at radius 1 is 1.11 bits per heavy atom. The molecule has 2 heterocycles. The molecule has 4 rings (SSSR count). The maximum absolute atomic E-state index is 5.66. The molecule has 27 heavy (non-hydrogen) atoms. The Labute approximate surface area is 169 Å². The Morgan fingerprint density at radius 3 is 2.67 bits per heavy atom. The number of fused-ring (bicyclic) bond motifs is 1. The van der Waals surface area contributed by atoms with E-state index in [0.717, 1.165) is 49.0 Å². The van der Waals surface area contributed by atoms with E-state index in [0.29, 0.717) is 0 Å². The Balaban J connectivity index is 1.33. The Kier molecular flexibility index (Phi) is 5.38. The Bertz CT molecular complexity index is 925. The number of nitrogens with one attached hydrogen (secondary N) is 1. The van der Waals surface area contributed by atoms with Crippen LogP contribution in [0.2, 0.25) is 0 Å². The average molecular weight is 397 g/mol. The number of aromatic nitrogens is 1. The van der Waals surface area contributed by atoms with Crippen LogP contribution >= 0.6 is 23.6 Å². The third-order valence-corrected chi connectivity index (χ3v) is 6.37. The van der Waals surface area contributed by atoms with Gasteiger partial charge in [-0.1, -0.05) is 24.3 Å². The number of thiazole rings is 1. The molecule has 0 unspecified atom stereocenters. The molecule has 0 spiro atoms. The summed E-state index contributed by atoms with van der Waals surface area (Å²) in [6.45, 7) is 9.04. The zero-order valence-electron chi connectivity index (χ0n) is 15.7. The number of thiocarbonyl (C=S) groups is 1. The molecule has 0 aliphatic carbocycles. The molecule has 140 valence electrons. The lowest BCUT2D eigenvalue weighted by atomic mass is 10.1. The molecule has 0 bridgehead atoms. The van der Waals surface area contributed by atoms with Crippen LogP contribution in [0.3, 0.4) is 0 Å². The molecule has 1 aliphatic rings. The molecule has 2 aromatic carbocycles. The van der Waals surface area contributed by atoms with Crippen molar-refractivity contribution < 1.29 is 0 Å². The minimum atomic E-state index is 0.823. The fraction of sp³-hybridized carbons (Fsp3) is 0.333. The van der Waals surface area contributed by atoms with E-state index >= 15 is 0 Å². The lowest BCUT2D eigenvalue weighted by molar-refractivity contribution is 0.177. The quantitative estimate of drug-likeness (QED) is 0.662. The summed E-state index contributed by atoms with van der Waals surface area (Å²) in [5.74, 6) is 0. The first-order valence-corrected chi connectivity index (χ1v) is 10.5. The van der Waals surface area contributed by atoms with Crippen LogP contribution in [-0.2, 0) is 6.54 Å². The predicted molar refractivity (Wildman–Crippen MR) is 119 cm³/mol. The van der Waals surface area contributed by atoms with Crippen LogP contribution in [-0.4, -0.2) is 46.1 Å². The van der Waals surface area contributed by atoms with Gasteiger partial charge >= 0.3 is 0 Å². The van der Waals surface area contributed by atoms with Crippen molar-refractivity contribution >= 4 is 44.6 Å². The SMILES string of the molecule is Cc1ccc(C)c(NC(=S)N2CCN(Cc3nc4ccccc4s3)CC2)c1. The molecular weight excluding hydrogens is 372 g/mol. The number of para-hydroxylation sites is 1. The van der Waals surface area contributed by atoms with E-state index in [1.165, 1.54) is 20.8 Å². The van der Waals surface area contributed by atoms with Crippen molar-refractivity contribution in [1.29, 1.82) is 0 Å². The van der Waals surface area contributed by atoms with Gasteiger partial charge < -0.3 is 10.2 Å². The van der Waals surface area contributed by atoms with E-state index in [4.69, 9.17) is 17.2 Å². The normalized spacial score (nSPS) is 15.3.